The molecule has 0 spiro atoms. The first kappa shape index (κ1) is 16.0. The number of halogens is 1. The highest BCUT2D eigenvalue weighted by Gasteiger charge is 2.34. The maximum absolute atomic E-state index is 5.89. The van der Waals surface area contributed by atoms with Crippen LogP contribution in [0.4, 0.5) is 5.69 Å². The summed E-state index contributed by atoms with van der Waals surface area (Å²) in [4.78, 5) is 4.52. The third-order valence-electron chi connectivity index (χ3n) is 3.64. The van der Waals surface area contributed by atoms with Gasteiger partial charge < -0.3 is 15.0 Å². The van der Waals surface area contributed by atoms with Crippen molar-refractivity contribution in [3.8, 4) is 11.5 Å². The number of aromatic nitrogens is 2. The van der Waals surface area contributed by atoms with Crippen LogP contribution in [-0.4, -0.2) is 16.7 Å². The fraction of sp³-hybridized carbons (Fsp3) is 0.467. The van der Waals surface area contributed by atoms with Gasteiger partial charge in [-0.25, -0.2) is 0 Å². The van der Waals surface area contributed by atoms with E-state index >= 15 is 0 Å². The highest BCUT2D eigenvalue weighted by Crippen LogP contribution is 2.33. The molecule has 1 aromatic heterocycles. The lowest BCUT2D eigenvalue weighted by Gasteiger charge is -2.27. The number of benzene rings is 1. The molecule has 21 heavy (non-hydrogen) atoms. The lowest BCUT2D eigenvalue weighted by atomic mass is 9.96. The zero-order chi connectivity index (χ0) is 15.5. The van der Waals surface area contributed by atoms with Gasteiger partial charge in [-0.2, -0.15) is 4.98 Å². The Morgan fingerprint density at radius 3 is 2.57 bits per heavy atom. The summed E-state index contributed by atoms with van der Waals surface area (Å²) in [6.07, 6.45) is 1.59. The first-order chi connectivity index (χ1) is 10.1. The molecule has 0 radical (unpaired) electrons. The van der Waals surface area contributed by atoms with Crippen LogP contribution >= 0.6 is 15.9 Å². The molecule has 2 rings (SSSR count). The fourth-order valence-electron chi connectivity index (χ4n) is 2.30. The van der Waals surface area contributed by atoms with Crippen LogP contribution in [0.2, 0.25) is 0 Å². The van der Waals surface area contributed by atoms with Crippen molar-refractivity contribution in [3.05, 3.63) is 28.5 Å². The lowest BCUT2D eigenvalue weighted by molar-refractivity contribution is -0.0583. The normalized spacial score (nSPS) is 11.8. The standard InChI is InChI=1S/C15H20BrN3O2/c1-4-15(5-2,20-6-3)14-18-13(21-19-14)10-7-8-12(17)11(16)9-10/h7-9H,4-6,17H2,1-3H3. The predicted molar refractivity (Wildman–Crippen MR) is 85.7 cm³/mol. The Kier molecular flexibility index (Phi) is 5.00. The van der Waals surface area contributed by atoms with Gasteiger partial charge in [0.05, 0.1) is 0 Å². The average Bonchev–Trinajstić information content (AvgIpc) is 2.98. The largest absolute Gasteiger partial charge is 0.398 e. The van der Waals surface area contributed by atoms with Crippen molar-refractivity contribution >= 4 is 21.6 Å². The van der Waals surface area contributed by atoms with Gasteiger partial charge in [-0.3, -0.25) is 0 Å². The summed E-state index contributed by atoms with van der Waals surface area (Å²) in [5.41, 5.74) is 6.80. The van der Waals surface area contributed by atoms with Gasteiger partial charge in [-0.1, -0.05) is 19.0 Å². The van der Waals surface area contributed by atoms with E-state index in [1.807, 2.05) is 19.1 Å². The van der Waals surface area contributed by atoms with Crippen LogP contribution in [0.25, 0.3) is 11.5 Å². The molecule has 0 atom stereocenters. The molecule has 1 aromatic carbocycles. The van der Waals surface area contributed by atoms with E-state index in [9.17, 15) is 0 Å². The monoisotopic (exact) mass is 353 g/mol. The third kappa shape index (κ3) is 3.11. The first-order valence-electron chi connectivity index (χ1n) is 7.09. The molecule has 5 nitrogen and oxygen atoms in total. The van der Waals surface area contributed by atoms with E-state index in [0.717, 1.165) is 22.9 Å². The highest BCUT2D eigenvalue weighted by molar-refractivity contribution is 9.10. The molecule has 6 heteroatoms. The van der Waals surface area contributed by atoms with Gasteiger partial charge in [0.25, 0.3) is 5.89 Å². The van der Waals surface area contributed by atoms with Crippen molar-refractivity contribution in [2.24, 2.45) is 0 Å². The third-order valence-corrected chi connectivity index (χ3v) is 4.33. The molecule has 0 aliphatic heterocycles. The van der Waals surface area contributed by atoms with Gasteiger partial charge >= 0.3 is 0 Å². The number of nitrogen functional groups attached to an aromatic ring is 1. The molecular formula is C15H20BrN3O2. The number of anilines is 1. The maximum Gasteiger partial charge on any atom is 0.258 e. The van der Waals surface area contributed by atoms with Crippen molar-refractivity contribution in [1.29, 1.82) is 0 Å². The summed E-state index contributed by atoms with van der Waals surface area (Å²) >= 11 is 3.40. The number of ether oxygens (including phenoxy) is 1. The van der Waals surface area contributed by atoms with Gasteiger partial charge in [-0.15, -0.1) is 0 Å². The zero-order valence-electron chi connectivity index (χ0n) is 12.5. The van der Waals surface area contributed by atoms with Crippen molar-refractivity contribution in [2.45, 2.75) is 39.2 Å². The quantitative estimate of drug-likeness (QED) is 0.790. The van der Waals surface area contributed by atoms with E-state index in [1.165, 1.54) is 0 Å². The molecule has 0 saturated carbocycles. The van der Waals surface area contributed by atoms with E-state index in [1.54, 1.807) is 6.07 Å². The van der Waals surface area contributed by atoms with Crippen LogP contribution in [0.1, 0.15) is 39.4 Å². The Labute approximate surface area is 133 Å². The minimum absolute atomic E-state index is 0.469. The molecule has 1 heterocycles. The van der Waals surface area contributed by atoms with Crippen LogP contribution in [0, 0.1) is 0 Å². The Balaban J connectivity index is 2.38. The Morgan fingerprint density at radius 1 is 1.29 bits per heavy atom. The number of hydrogen-bond donors (Lipinski definition) is 1. The number of nitrogens with two attached hydrogens (primary N) is 1. The van der Waals surface area contributed by atoms with Crippen molar-refractivity contribution in [3.63, 3.8) is 0 Å². The second-order valence-corrected chi connectivity index (χ2v) is 5.65. The second kappa shape index (κ2) is 6.58. The second-order valence-electron chi connectivity index (χ2n) is 4.79. The van der Waals surface area contributed by atoms with E-state index < -0.39 is 5.60 Å². The molecule has 0 fully saturated rings. The predicted octanol–water partition coefficient (Wildman–Crippen LogP) is 4.13. The van der Waals surface area contributed by atoms with Gasteiger partial charge in [0.2, 0.25) is 5.82 Å². The van der Waals surface area contributed by atoms with Crippen LogP contribution in [0.3, 0.4) is 0 Å². The molecule has 2 N–H and O–H groups in total. The summed E-state index contributed by atoms with van der Waals surface area (Å²) in [5.74, 6) is 1.06. The van der Waals surface area contributed by atoms with Crippen LogP contribution in [-0.2, 0) is 10.3 Å². The maximum atomic E-state index is 5.89. The van der Waals surface area contributed by atoms with E-state index in [2.05, 4.69) is 39.9 Å². The van der Waals surface area contributed by atoms with Crippen molar-refractivity contribution < 1.29 is 9.26 Å². The first-order valence-corrected chi connectivity index (χ1v) is 7.89. The van der Waals surface area contributed by atoms with Gasteiger partial charge in [-0.05, 0) is 53.9 Å². The average molecular weight is 354 g/mol. The zero-order valence-corrected chi connectivity index (χ0v) is 14.1. The van der Waals surface area contributed by atoms with Gasteiger partial charge in [0.15, 0.2) is 0 Å². The van der Waals surface area contributed by atoms with Crippen LogP contribution in [0.15, 0.2) is 27.2 Å². The summed E-state index contributed by atoms with van der Waals surface area (Å²) < 4.78 is 12.1. The Hall–Kier alpha value is -1.40. The summed E-state index contributed by atoms with van der Waals surface area (Å²) in [6.45, 7) is 6.71. The van der Waals surface area contributed by atoms with Crippen LogP contribution in [0.5, 0.6) is 0 Å². The molecule has 0 saturated heterocycles. The molecule has 0 bridgehead atoms. The molecule has 2 aromatic rings. The fourth-order valence-corrected chi connectivity index (χ4v) is 2.68. The smallest absolute Gasteiger partial charge is 0.258 e. The van der Waals surface area contributed by atoms with Crippen molar-refractivity contribution in [2.75, 3.05) is 12.3 Å². The summed E-state index contributed by atoms with van der Waals surface area (Å²) in [5, 5.41) is 4.12. The summed E-state index contributed by atoms with van der Waals surface area (Å²) in [7, 11) is 0. The molecule has 114 valence electrons. The van der Waals surface area contributed by atoms with Gasteiger partial charge in [0, 0.05) is 22.3 Å². The van der Waals surface area contributed by atoms with Crippen molar-refractivity contribution in [1.82, 2.24) is 10.1 Å². The molecule has 0 aliphatic carbocycles. The molecule has 0 unspecified atom stereocenters. The summed E-state index contributed by atoms with van der Waals surface area (Å²) in [6, 6.07) is 5.53. The lowest BCUT2D eigenvalue weighted by Crippen LogP contribution is -2.29. The molecule has 0 aliphatic rings. The SMILES string of the molecule is CCOC(CC)(CC)c1noc(-c2ccc(N)c(Br)c2)n1. The van der Waals surface area contributed by atoms with E-state index in [0.29, 0.717) is 24.0 Å². The molecule has 0 amide bonds. The van der Waals surface area contributed by atoms with Crippen LogP contribution < -0.4 is 5.73 Å². The number of nitrogens with zero attached hydrogens (tertiary/aromatic N) is 2. The molecular weight excluding hydrogens is 334 g/mol. The minimum Gasteiger partial charge on any atom is -0.398 e. The van der Waals surface area contributed by atoms with E-state index in [-0.39, 0.29) is 0 Å². The Bertz CT molecular complexity index is 609. The van der Waals surface area contributed by atoms with Gasteiger partial charge in [0.1, 0.15) is 5.60 Å². The number of rotatable bonds is 6. The topological polar surface area (TPSA) is 74.2 Å². The Morgan fingerprint density at radius 2 is 2.00 bits per heavy atom. The highest BCUT2D eigenvalue weighted by atomic mass is 79.9. The number of hydrogen-bond acceptors (Lipinski definition) is 5. The minimum atomic E-state index is -0.485. The van der Waals surface area contributed by atoms with E-state index in [4.69, 9.17) is 15.0 Å².